The average Bonchev–Trinajstić information content (AvgIpc) is 1.98. The van der Waals surface area contributed by atoms with Crippen LogP contribution in [0.4, 0.5) is 0 Å². The molecule has 0 bridgehead atoms. The third-order valence-corrected chi connectivity index (χ3v) is 2.07. The van der Waals surface area contributed by atoms with Gasteiger partial charge < -0.3 is 10.8 Å². The van der Waals surface area contributed by atoms with Gasteiger partial charge >= 0.3 is 5.97 Å². The lowest BCUT2D eigenvalue weighted by Crippen LogP contribution is -2.28. The fourth-order valence-corrected chi connectivity index (χ4v) is 0.877. The molecule has 2 unspecified atom stereocenters. The monoisotopic (exact) mass is 195 g/mol. The Morgan fingerprint density at radius 2 is 2.08 bits per heavy atom. The highest BCUT2D eigenvalue weighted by molar-refractivity contribution is 5.85. The van der Waals surface area contributed by atoms with Gasteiger partial charge in [-0.15, -0.1) is 12.4 Å². The van der Waals surface area contributed by atoms with Gasteiger partial charge in [-0.25, -0.2) is 0 Å². The lowest BCUT2D eigenvalue weighted by molar-refractivity contribution is -0.137. The lowest BCUT2D eigenvalue weighted by atomic mass is 9.96. The highest BCUT2D eigenvalue weighted by atomic mass is 35.5. The number of carboxylic acids is 1. The highest BCUT2D eigenvalue weighted by Crippen LogP contribution is 2.09. The summed E-state index contributed by atoms with van der Waals surface area (Å²) >= 11 is 0. The maximum absolute atomic E-state index is 10.2. The van der Waals surface area contributed by atoms with E-state index in [1.165, 1.54) is 0 Å². The second-order valence-corrected chi connectivity index (χ2v) is 2.98. The molecular formula is C8H18ClNO2. The molecule has 0 spiro atoms. The Bertz CT molecular complexity index is 130. The van der Waals surface area contributed by atoms with Crippen molar-refractivity contribution in [2.24, 2.45) is 11.7 Å². The van der Waals surface area contributed by atoms with Crippen LogP contribution in [0.2, 0.25) is 0 Å². The molecular weight excluding hydrogens is 178 g/mol. The minimum atomic E-state index is -0.760. The van der Waals surface area contributed by atoms with Crippen molar-refractivity contribution in [3.05, 3.63) is 0 Å². The van der Waals surface area contributed by atoms with Crippen molar-refractivity contribution in [3.8, 4) is 0 Å². The van der Waals surface area contributed by atoms with Gasteiger partial charge in [0.05, 0.1) is 0 Å². The van der Waals surface area contributed by atoms with E-state index < -0.39 is 5.97 Å². The Kier molecular flexibility index (Phi) is 8.76. The van der Waals surface area contributed by atoms with Gasteiger partial charge in [0.15, 0.2) is 0 Å². The zero-order valence-electron chi connectivity index (χ0n) is 7.62. The van der Waals surface area contributed by atoms with Crippen molar-refractivity contribution >= 4 is 18.4 Å². The van der Waals surface area contributed by atoms with Gasteiger partial charge in [-0.2, -0.15) is 0 Å². The summed E-state index contributed by atoms with van der Waals surface area (Å²) < 4.78 is 0. The third kappa shape index (κ3) is 6.43. The van der Waals surface area contributed by atoms with Crippen molar-refractivity contribution in [3.63, 3.8) is 0 Å². The van der Waals surface area contributed by atoms with Crippen LogP contribution in [-0.4, -0.2) is 17.1 Å². The van der Waals surface area contributed by atoms with Crippen LogP contribution in [0.25, 0.3) is 0 Å². The number of carboxylic acid groups (broad SMARTS) is 1. The van der Waals surface area contributed by atoms with Crippen LogP contribution in [0.5, 0.6) is 0 Å². The molecule has 2 atom stereocenters. The first kappa shape index (κ1) is 14.3. The van der Waals surface area contributed by atoms with Crippen LogP contribution in [-0.2, 0) is 4.79 Å². The van der Waals surface area contributed by atoms with Gasteiger partial charge in [0.1, 0.15) is 0 Å². The van der Waals surface area contributed by atoms with Gasteiger partial charge in [0.25, 0.3) is 0 Å². The molecule has 0 rings (SSSR count). The van der Waals surface area contributed by atoms with Crippen molar-refractivity contribution in [2.45, 2.75) is 39.2 Å². The molecule has 0 aromatic rings. The number of hydrogen-bond acceptors (Lipinski definition) is 2. The van der Waals surface area contributed by atoms with Crippen molar-refractivity contribution in [1.29, 1.82) is 0 Å². The number of hydrogen-bond donors (Lipinski definition) is 2. The number of aliphatic carboxylic acids is 1. The SMILES string of the molecule is CCC(C)C(N)CCC(=O)O.Cl. The van der Waals surface area contributed by atoms with E-state index >= 15 is 0 Å². The normalized spacial score (nSPS) is 14.6. The molecule has 74 valence electrons. The molecule has 0 aromatic carbocycles. The van der Waals surface area contributed by atoms with Crippen LogP contribution in [0.3, 0.4) is 0 Å². The second-order valence-electron chi connectivity index (χ2n) is 2.98. The van der Waals surface area contributed by atoms with E-state index in [1.54, 1.807) is 0 Å². The summed E-state index contributed by atoms with van der Waals surface area (Å²) in [5.74, 6) is -0.335. The highest BCUT2D eigenvalue weighted by Gasteiger charge is 2.11. The summed E-state index contributed by atoms with van der Waals surface area (Å²) in [5, 5.41) is 8.36. The maximum atomic E-state index is 10.2. The number of carbonyl (C=O) groups is 1. The van der Waals surface area contributed by atoms with E-state index in [0.29, 0.717) is 12.3 Å². The third-order valence-electron chi connectivity index (χ3n) is 2.07. The van der Waals surface area contributed by atoms with Gasteiger partial charge in [0, 0.05) is 12.5 Å². The fourth-order valence-electron chi connectivity index (χ4n) is 0.877. The zero-order chi connectivity index (χ0) is 8.85. The second kappa shape index (κ2) is 7.37. The van der Waals surface area contributed by atoms with Gasteiger partial charge in [-0.3, -0.25) is 4.79 Å². The summed E-state index contributed by atoms with van der Waals surface area (Å²) in [4.78, 5) is 10.2. The minimum Gasteiger partial charge on any atom is -0.481 e. The largest absolute Gasteiger partial charge is 0.481 e. The Labute approximate surface area is 79.7 Å². The molecule has 0 saturated heterocycles. The number of rotatable bonds is 5. The molecule has 0 amide bonds. The molecule has 0 saturated carbocycles. The Hall–Kier alpha value is -0.280. The van der Waals surface area contributed by atoms with E-state index in [0.717, 1.165) is 6.42 Å². The topological polar surface area (TPSA) is 63.3 Å². The molecule has 0 radical (unpaired) electrons. The van der Waals surface area contributed by atoms with E-state index in [4.69, 9.17) is 10.8 Å². The van der Waals surface area contributed by atoms with E-state index in [1.807, 2.05) is 6.92 Å². The smallest absolute Gasteiger partial charge is 0.303 e. The van der Waals surface area contributed by atoms with Crippen molar-refractivity contribution < 1.29 is 9.90 Å². The summed E-state index contributed by atoms with van der Waals surface area (Å²) in [5.41, 5.74) is 5.71. The molecule has 0 aromatic heterocycles. The summed E-state index contributed by atoms with van der Waals surface area (Å²) in [6, 6.07) is 0.0381. The van der Waals surface area contributed by atoms with Crippen molar-refractivity contribution in [1.82, 2.24) is 0 Å². The Balaban J connectivity index is 0. The van der Waals surface area contributed by atoms with Crippen LogP contribution in [0.15, 0.2) is 0 Å². The van der Waals surface area contributed by atoms with Gasteiger partial charge in [0.2, 0.25) is 0 Å². The average molecular weight is 196 g/mol. The molecule has 3 nitrogen and oxygen atoms in total. The van der Waals surface area contributed by atoms with Crippen LogP contribution >= 0.6 is 12.4 Å². The summed E-state index contributed by atoms with van der Waals surface area (Å²) in [7, 11) is 0. The van der Waals surface area contributed by atoms with E-state index in [-0.39, 0.29) is 24.9 Å². The molecule has 0 fully saturated rings. The Morgan fingerprint density at radius 1 is 1.58 bits per heavy atom. The number of nitrogens with two attached hydrogens (primary N) is 1. The minimum absolute atomic E-state index is 0. The first-order valence-corrected chi connectivity index (χ1v) is 4.05. The molecule has 0 heterocycles. The molecule has 0 aliphatic heterocycles. The van der Waals surface area contributed by atoms with Crippen LogP contribution in [0, 0.1) is 5.92 Å². The van der Waals surface area contributed by atoms with Crippen LogP contribution < -0.4 is 5.73 Å². The maximum Gasteiger partial charge on any atom is 0.303 e. The Morgan fingerprint density at radius 3 is 2.42 bits per heavy atom. The van der Waals surface area contributed by atoms with E-state index in [9.17, 15) is 4.79 Å². The molecule has 0 aliphatic rings. The fraction of sp³-hybridized carbons (Fsp3) is 0.875. The molecule has 3 N–H and O–H groups in total. The summed E-state index contributed by atoms with van der Waals surface area (Å²) in [6.07, 6.45) is 1.79. The first-order chi connectivity index (χ1) is 5.07. The lowest BCUT2D eigenvalue weighted by Gasteiger charge is -2.16. The summed E-state index contributed by atoms with van der Waals surface area (Å²) in [6.45, 7) is 4.11. The predicted molar refractivity (Wildman–Crippen MR) is 51.5 cm³/mol. The molecule has 4 heteroatoms. The number of halogens is 1. The molecule has 12 heavy (non-hydrogen) atoms. The quantitative estimate of drug-likeness (QED) is 0.701. The zero-order valence-corrected chi connectivity index (χ0v) is 8.43. The van der Waals surface area contributed by atoms with Gasteiger partial charge in [-0.1, -0.05) is 20.3 Å². The van der Waals surface area contributed by atoms with Crippen LogP contribution in [0.1, 0.15) is 33.1 Å². The molecule has 0 aliphatic carbocycles. The standard InChI is InChI=1S/C8H17NO2.ClH/c1-3-6(2)7(9)4-5-8(10)11;/h6-7H,3-5,9H2,1-2H3,(H,10,11);1H. The predicted octanol–water partition coefficient (Wildman–Crippen LogP) is 1.65. The van der Waals surface area contributed by atoms with Gasteiger partial charge in [-0.05, 0) is 12.3 Å². The first-order valence-electron chi connectivity index (χ1n) is 4.05. The van der Waals surface area contributed by atoms with Crippen molar-refractivity contribution in [2.75, 3.05) is 0 Å². The van der Waals surface area contributed by atoms with E-state index in [2.05, 4.69) is 6.92 Å².